The van der Waals surface area contributed by atoms with Crippen molar-refractivity contribution >= 4 is 0 Å². The lowest BCUT2D eigenvalue weighted by Gasteiger charge is -2.30. The van der Waals surface area contributed by atoms with Crippen LogP contribution in [0.2, 0.25) is 0 Å². The molecule has 1 radical (unpaired) electrons. The summed E-state index contributed by atoms with van der Waals surface area (Å²) in [6.07, 6.45) is 16.5. The second-order valence-corrected chi connectivity index (χ2v) is 4.99. The highest BCUT2D eigenvalue weighted by atomic mass is 14.3. The number of rotatable bonds is 11. The van der Waals surface area contributed by atoms with Crippen LogP contribution in [-0.2, 0) is 0 Å². The van der Waals surface area contributed by atoms with Crippen LogP contribution in [0.15, 0.2) is 12.7 Å². The summed E-state index contributed by atoms with van der Waals surface area (Å²) < 4.78 is 0. The molecule has 0 saturated carbocycles. The summed E-state index contributed by atoms with van der Waals surface area (Å²) in [7, 11) is 0. The normalized spacial score (nSPS) is 11.7. The molecular weight excluding hydrogens is 192 g/mol. The third kappa shape index (κ3) is 6.35. The summed E-state index contributed by atoms with van der Waals surface area (Å²) in [5.74, 6) is 0. The Morgan fingerprint density at radius 1 is 0.875 bits per heavy atom. The third-order valence-electron chi connectivity index (χ3n) is 3.51. The number of unbranched alkanes of at least 4 members (excludes halogenated alkanes) is 4. The van der Waals surface area contributed by atoms with Gasteiger partial charge in [-0.2, -0.15) is 0 Å². The van der Waals surface area contributed by atoms with E-state index in [2.05, 4.69) is 39.8 Å². The fourth-order valence-electron chi connectivity index (χ4n) is 2.22. The van der Waals surface area contributed by atoms with Crippen LogP contribution in [0.3, 0.4) is 0 Å². The molecule has 0 amide bonds. The summed E-state index contributed by atoms with van der Waals surface area (Å²) in [4.78, 5) is 0. The van der Waals surface area contributed by atoms with Gasteiger partial charge in [-0.05, 0) is 31.1 Å². The Hall–Kier alpha value is -0.260. The lowest BCUT2D eigenvalue weighted by molar-refractivity contribution is 0.344. The van der Waals surface area contributed by atoms with Crippen molar-refractivity contribution < 1.29 is 0 Å². The van der Waals surface area contributed by atoms with E-state index in [0.29, 0.717) is 5.41 Å². The Kier molecular flexibility index (Phi) is 9.77. The Balaban J connectivity index is 4.21. The Labute approximate surface area is 104 Å². The van der Waals surface area contributed by atoms with Gasteiger partial charge in [0.05, 0.1) is 0 Å². The minimum absolute atomic E-state index is 0.335. The molecule has 0 fully saturated rings. The standard InChI is InChI=1S/C16H31/c1-5-9-12-15-16(8-4,13-10-6-2)14-11-7-3/h8,15H,4-7,9-14H2,1-3H3. The van der Waals surface area contributed by atoms with Gasteiger partial charge in [0, 0.05) is 0 Å². The summed E-state index contributed by atoms with van der Waals surface area (Å²) >= 11 is 0. The van der Waals surface area contributed by atoms with E-state index >= 15 is 0 Å². The van der Waals surface area contributed by atoms with E-state index in [-0.39, 0.29) is 0 Å². The van der Waals surface area contributed by atoms with Gasteiger partial charge in [-0.3, -0.25) is 0 Å². The molecule has 0 N–H and O–H groups in total. The Morgan fingerprint density at radius 3 is 1.75 bits per heavy atom. The van der Waals surface area contributed by atoms with Crippen molar-refractivity contribution in [3.63, 3.8) is 0 Å². The smallest absolute Gasteiger partial charge is 0.00897 e. The van der Waals surface area contributed by atoms with Crippen molar-refractivity contribution in [2.75, 3.05) is 0 Å². The molecule has 0 spiro atoms. The molecule has 0 bridgehead atoms. The van der Waals surface area contributed by atoms with Crippen LogP contribution in [0.1, 0.15) is 78.6 Å². The fraction of sp³-hybridized carbons (Fsp3) is 0.812. The molecule has 0 heterocycles. The molecule has 0 aromatic carbocycles. The van der Waals surface area contributed by atoms with Crippen molar-refractivity contribution in [1.29, 1.82) is 0 Å². The van der Waals surface area contributed by atoms with Gasteiger partial charge < -0.3 is 0 Å². The van der Waals surface area contributed by atoms with E-state index in [0.717, 1.165) is 0 Å². The first kappa shape index (κ1) is 15.7. The number of hydrogen-bond acceptors (Lipinski definition) is 0. The molecule has 0 unspecified atom stereocenters. The fourth-order valence-corrected chi connectivity index (χ4v) is 2.22. The molecule has 0 aliphatic carbocycles. The Bertz CT molecular complexity index is 149. The highest BCUT2D eigenvalue weighted by Crippen LogP contribution is 2.36. The van der Waals surface area contributed by atoms with Crippen LogP contribution in [0, 0.1) is 11.8 Å². The van der Waals surface area contributed by atoms with Gasteiger partial charge in [-0.1, -0.05) is 65.4 Å². The van der Waals surface area contributed by atoms with Crippen LogP contribution in [-0.4, -0.2) is 0 Å². The summed E-state index contributed by atoms with van der Waals surface area (Å²) in [5, 5.41) is 0. The molecule has 0 rings (SSSR count). The topological polar surface area (TPSA) is 0 Å². The molecule has 0 aliphatic heterocycles. The lowest BCUT2D eigenvalue weighted by atomic mass is 9.74. The van der Waals surface area contributed by atoms with E-state index in [9.17, 15) is 0 Å². The van der Waals surface area contributed by atoms with Crippen molar-refractivity contribution in [2.24, 2.45) is 5.41 Å². The molecule has 0 aliphatic rings. The molecular formula is C16H31. The van der Waals surface area contributed by atoms with Gasteiger partial charge in [0.1, 0.15) is 0 Å². The summed E-state index contributed by atoms with van der Waals surface area (Å²) in [5.41, 5.74) is 0.335. The first-order valence-corrected chi connectivity index (χ1v) is 7.22. The summed E-state index contributed by atoms with van der Waals surface area (Å²) in [6, 6.07) is 0. The number of hydrogen-bond donors (Lipinski definition) is 0. The zero-order valence-corrected chi connectivity index (χ0v) is 11.7. The summed E-state index contributed by atoms with van der Waals surface area (Å²) in [6.45, 7) is 10.9. The van der Waals surface area contributed by atoms with Gasteiger partial charge in [-0.25, -0.2) is 0 Å². The van der Waals surface area contributed by atoms with Crippen molar-refractivity contribution in [3.8, 4) is 0 Å². The molecule has 0 aromatic rings. The Morgan fingerprint density at radius 2 is 1.38 bits per heavy atom. The second-order valence-electron chi connectivity index (χ2n) is 4.99. The first-order chi connectivity index (χ1) is 7.74. The monoisotopic (exact) mass is 223 g/mol. The minimum Gasteiger partial charge on any atom is -0.103 e. The molecule has 0 heteroatoms. The lowest BCUT2D eigenvalue weighted by Crippen LogP contribution is -2.18. The van der Waals surface area contributed by atoms with E-state index in [1.807, 2.05) is 0 Å². The van der Waals surface area contributed by atoms with E-state index < -0.39 is 0 Å². The van der Waals surface area contributed by atoms with E-state index in [1.54, 1.807) is 0 Å². The zero-order valence-electron chi connectivity index (χ0n) is 11.7. The van der Waals surface area contributed by atoms with Gasteiger partial charge in [-0.15, -0.1) is 6.58 Å². The minimum atomic E-state index is 0.335. The second kappa shape index (κ2) is 9.93. The average Bonchev–Trinajstić information content (AvgIpc) is 2.32. The number of allylic oxidation sites excluding steroid dienone is 1. The molecule has 0 saturated heterocycles. The van der Waals surface area contributed by atoms with Gasteiger partial charge in [0.2, 0.25) is 0 Å². The molecule has 95 valence electrons. The van der Waals surface area contributed by atoms with Gasteiger partial charge >= 0.3 is 0 Å². The molecule has 0 atom stereocenters. The first-order valence-electron chi connectivity index (χ1n) is 7.22. The van der Waals surface area contributed by atoms with Crippen molar-refractivity contribution in [1.82, 2.24) is 0 Å². The van der Waals surface area contributed by atoms with E-state index in [4.69, 9.17) is 0 Å². The SMILES string of the molecule is C=CC([CH]CCCC)(CCCC)CCCC. The van der Waals surface area contributed by atoms with Crippen LogP contribution in [0.5, 0.6) is 0 Å². The van der Waals surface area contributed by atoms with Gasteiger partial charge in [0.15, 0.2) is 0 Å². The maximum Gasteiger partial charge on any atom is -0.00897 e. The predicted molar refractivity (Wildman–Crippen MR) is 75.5 cm³/mol. The molecule has 16 heavy (non-hydrogen) atoms. The van der Waals surface area contributed by atoms with Gasteiger partial charge in [0.25, 0.3) is 0 Å². The largest absolute Gasteiger partial charge is 0.103 e. The predicted octanol–water partition coefficient (Wildman–Crippen LogP) is 5.93. The zero-order chi connectivity index (χ0) is 12.3. The third-order valence-corrected chi connectivity index (χ3v) is 3.51. The molecule has 0 nitrogen and oxygen atoms in total. The maximum atomic E-state index is 4.09. The van der Waals surface area contributed by atoms with Crippen LogP contribution in [0.4, 0.5) is 0 Å². The molecule has 0 aromatic heterocycles. The highest BCUT2D eigenvalue weighted by molar-refractivity contribution is 5.03. The average molecular weight is 223 g/mol. The van der Waals surface area contributed by atoms with Crippen LogP contribution < -0.4 is 0 Å². The van der Waals surface area contributed by atoms with Crippen LogP contribution in [0.25, 0.3) is 0 Å². The van der Waals surface area contributed by atoms with Crippen molar-refractivity contribution in [2.45, 2.75) is 78.6 Å². The quantitative estimate of drug-likeness (QED) is 0.300. The maximum absolute atomic E-state index is 4.09. The highest BCUT2D eigenvalue weighted by Gasteiger charge is 2.24. The van der Waals surface area contributed by atoms with Crippen molar-refractivity contribution in [3.05, 3.63) is 19.1 Å². The van der Waals surface area contributed by atoms with E-state index in [1.165, 1.54) is 57.8 Å². The van der Waals surface area contributed by atoms with Crippen LogP contribution >= 0.6 is 0 Å².